The number of anilines is 1. The summed E-state index contributed by atoms with van der Waals surface area (Å²) < 4.78 is 0. The van der Waals surface area contributed by atoms with Gasteiger partial charge in [-0.1, -0.05) is 41.4 Å². The molecule has 1 aliphatic carbocycles. The van der Waals surface area contributed by atoms with Gasteiger partial charge in [0.25, 0.3) is 5.91 Å². The summed E-state index contributed by atoms with van der Waals surface area (Å²) in [6.07, 6.45) is 3.30. The molecule has 8 nitrogen and oxygen atoms in total. The van der Waals surface area contributed by atoms with E-state index in [9.17, 15) is 19.5 Å². The molecule has 3 amide bonds. The largest absolute Gasteiger partial charge is 0.465 e. The summed E-state index contributed by atoms with van der Waals surface area (Å²) in [6.45, 7) is 0.938. The van der Waals surface area contributed by atoms with Gasteiger partial charge in [-0.15, -0.1) is 0 Å². The van der Waals surface area contributed by atoms with Crippen molar-refractivity contribution in [2.45, 2.75) is 56.1 Å². The molecule has 5 rings (SSSR count). The van der Waals surface area contributed by atoms with E-state index in [1.54, 1.807) is 23.1 Å². The van der Waals surface area contributed by atoms with Crippen molar-refractivity contribution < 1.29 is 19.5 Å². The van der Waals surface area contributed by atoms with E-state index in [4.69, 9.17) is 23.2 Å². The number of benzene rings is 2. The maximum atomic E-state index is 14.0. The molecule has 196 valence electrons. The van der Waals surface area contributed by atoms with Crippen LogP contribution >= 0.6 is 23.2 Å². The Bertz CT molecular complexity index is 1210. The number of carbonyl (C=O) groups excluding carboxylic acids is 2. The van der Waals surface area contributed by atoms with Gasteiger partial charge in [-0.05, 0) is 61.9 Å². The van der Waals surface area contributed by atoms with Crippen molar-refractivity contribution in [1.82, 2.24) is 15.1 Å². The number of nitrogens with one attached hydrogen (secondary N) is 2. The lowest BCUT2D eigenvalue weighted by Crippen LogP contribution is -2.62. The van der Waals surface area contributed by atoms with Gasteiger partial charge < -0.3 is 25.5 Å². The van der Waals surface area contributed by atoms with Crippen LogP contribution in [0.3, 0.4) is 0 Å². The van der Waals surface area contributed by atoms with Gasteiger partial charge in [-0.25, -0.2) is 4.79 Å². The molecule has 37 heavy (non-hydrogen) atoms. The van der Waals surface area contributed by atoms with Gasteiger partial charge in [0.1, 0.15) is 0 Å². The zero-order valence-electron chi connectivity index (χ0n) is 20.4. The molecule has 1 saturated heterocycles. The lowest BCUT2D eigenvalue weighted by Gasteiger charge is -2.48. The van der Waals surface area contributed by atoms with E-state index in [0.29, 0.717) is 41.7 Å². The van der Waals surface area contributed by atoms with Crippen molar-refractivity contribution in [2.75, 3.05) is 25.0 Å². The highest BCUT2D eigenvalue weighted by Gasteiger charge is 2.55. The van der Waals surface area contributed by atoms with Crippen molar-refractivity contribution >= 4 is 46.8 Å². The zero-order chi connectivity index (χ0) is 26.2. The second-order valence-electron chi connectivity index (χ2n) is 10.1. The predicted molar refractivity (Wildman–Crippen MR) is 142 cm³/mol. The van der Waals surface area contributed by atoms with Crippen molar-refractivity contribution in [3.05, 3.63) is 63.6 Å². The third-order valence-electron chi connectivity index (χ3n) is 7.83. The molecule has 2 aromatic rings. The Hall–Kier alpha value is -2.81. The molecule has 0 bridgehead atoms. The van der Waals surface area contributed by atoms with E-state index in [1.807, 2.05) is 24.3 Å². The zero-order valence-corrected chi connectivity index (χ0v) is 21.9. The van der Waals surface area contributed by atoms with Crippen LogP contribution in [0.2, 0.25) is 10.0 Å². The lowest BCUT2D eigenvalue weighted by molar-refractivity contribution is -0.151. The Balaban J connectivity index is 1.46. The Labute approximate surface area is 225 Å². The standard InChI is InChI=1S/C27H30Cl2N4O4/c28-18-4-1-3-17(13-18)15-27(22-8-7-19(29)14-23(22)31-25(27)35)33(21-5-2-6-21)24(34)16-30-20-9-11-32(12-10-20)26(36)37/h1,3-4,7-8,13-14,20-21,30H,2,5-6,9-12,15-16H2,(H,31,35)(H,36,37). The first-order valence-corrected chi connectivity index (χ1v) is 13.4. The van der Waals surface area contributed by atoms with Crippen LogP contribution in [0.1, 0.15) is 43.2 Å². The Morgan fingerprint density at radius 2 is 1.81 bits per heavy atom. The number of halogens is 2. The summed E-state index contributed by atoms with van der Waals surface area (Å²) in [5, 5.41) is 16.6. The molecule has 2 aromatic carbocycles. The van der Waals surface area contributed by atoms with Crippen molar-refractivity contribution in [2.24, 2.45) is 0 Å². The van der Waals surface area contributed by atoms with Crippen LogP contribution < -0.4 is 10.6 Å². The number of hydrogen-bond donors (Lipinski definition) is 3. The molecule has 1 saturated carbocycles. The lowest BCUT2D eigenvalue weighted by atomic mass is 9.78. The number of carboxylic acid groups (broad SMARTS) is 1. The number of rotatable bonds is 7. The molecule has 10 heteroatoms. The van der Waals surface area contributed by atoms with E-state index >= 15 is 0 Å². The van der Waals surface area contributed by atoms with Crippen LogP contribution in [0.25, 0.3) is 0 Å². The summed E-state index contributed by atoms with van der Waals surface area (Å²) in [6, 6.07) is 12.7. The molecule has 2 aliphatic heterocycles. The third-order valence-corrected chi connectivity index (χ3v) is 8.30. The molecule has 1 atom stereocenters. The third kappa shape index (κ3) is 5.02. The van der Waals surface area contributed by atoms with Crippen LogP contribution in [0, 0.1) is 0 Å². The predicted octanol–water partition coefficient (Wildman–Crippen LogP) is 4.50. The number of likely N-dealkylation sites (tertiary alicyclic amines) is 1. The van der Waals surface area contributed by atoms with Gasteiger partial charge in [0.2, 0.25) is 5.91 Å². The number of carbonyl (C=O) groups is 3. The normalized spacial score (nSPS) is 21.8. The fourth-order valence-corrected chi connectivity index (χ4v) is 6.12. The monoisotopic (exact) mass is 544 g/mol. The highest BCUT2D eigenvalue weighted by Crippen LogP contribution is 2.47. The average molecular weight is 545 g/mol. The smallest absolute Gasteiger partial charge is 0.407 e. The molecule has 1 unspecified atom stereocenters. The highest BCUT2D eigenvalue weighted by atomic mass is 35.5. The van der Waals surface area contributed by atoms with Crippen LogP contribution in [-0.2, 0) is 21.5 Å². The first kappa shape index (κ1) is 25.8. The number of nitrogens with zero attached hydrogens (tertiary/aromatic N) is 2. The molecule has 2 fully saturated rings. The van der Waals surface area contributed by atoms with Gasteiger partial charge in [0.15, 0.2) is 5.54 Å². The minimum absolute atomic E-state index is 0.0372. The number of amides is 3. The highest BCUT2D eigenvalue weighted by molar-refractivity contribution is 6.31. The minimum atomic E-state index is -1.23. The quantitative estimate of drug-likeness (QED) is 0.476. The maximum absolute atomic E-state index is 14.0. The van der Waals surface area contributed by atoms with Crippen LogP contribution in [0.5, 0.6) is 0 Å². The topological polar surface area (TPSA) is 102 Å². The summed E-state index contributed by atoms with van der Waals surface area (Å²) >= 11 is 12.5. The van der Waals surface area contributed by atoms with Crippen molar-refractivity contribution in [3.8, 4) is 0 Å². The number of piperidine rings is 1. The van der Waals surface area contributed by atoms with E-state index in [1.165, 1.54) is 4.90 Å². The van der Waals surface area contributed by atoms with E-state index in [2.05, 4.69) is 10.6 Å². The molecule has 0 radical (unpaired) electrons. The Kier molecular flexibility index (Phi) is 7.34. The fraction of sp³-hybridized carbons (Fsp3) is 0.444. The summed E-state index contributed by atoms with van der Waals surface area (Å²) in [5.41, 5.74) is 0.973. The molecule has 3 aliphatic rings. The van der Waals surface area contributed by atoms with Gasteiger partial charge in [-0.2, -0.15) is 0 Å². The summed E-state index contributed by atoms with van der Waals surface area (Å²) in [7, 11) is 0. The molecule has 3 N–H and O–H groups in total. The van der Waals surface area contributed by atoms with Gasteiger partial charge in [0, 0.05) is 52.9 Å². The van der Waals surface area contributed by atoms with E-state index < -0.39 is 11.6 Å². The van der Waals surface area contributed by atoms with Gasteiger partial charge in [-0.3, -0.25) is 9.59 Å². The summed E-state index contributed by atoms with van der Waals surface area (Å²) in [4.78, 5) is 42.3. The first-order chi connectivity index (χ1) is 17.8. The fourth-order valence-electron chi connectivity index (χ4n) is 5.74. The maximum Gasteiger partial charge on any atom is 0.407 e. The van der Waals surface area contributed by atoms with Crippen molar-refractivity contribution in [3.63, 3.8) is 0 Å². The first-order valence-electron chi connectivity index (χ1n) is 12.7. The molecular weight excluding hydrogens is 515 g/mol. The SMILES string of the molecule is O=C(O)N1CCC(NCC(=O)N(C2CCC2)C2(Cc3cccc(Cl)c3)C(=O)Nc3cc(Cl)ccc32)CC1. The molecular formula is C27H30Cl2N4O4. The molecule has 0 aromatic heterocycles. The van der Waals surface area contributed by atoms with E-state index in [-0.39, 0.29) is 36.9 Å². The van der Waals surface area contributed by atoms with Crippen LogP contribution in [0.15, 0.2) is 42.5 Å². The van der Waals surface area contributed by atoms with Crippen LogP contribution in [-0.4, -0.2) is 64.5 Å². The second-order valence-corrected chi connectivity index (χ2v) is 11.0. The van der Waals surface area contributed by atoms with E-state index in [0.717, 1.165) is 30.4 Å². The summed E-state index contributed by atoms with van der Waals surface area (Å²) in [5.74, 6) is -0.398. The molecule has 2 heterocycles. The minimum Gasteiger partial charge on any atom is -0.465 e. The van der Waals surface area contributed by atoms with Crippen molar-refractivity contribution in [1.29, 1.82) is 0 Å². The Morgan fingerprint density at radius 3 is 2.46 bits per heavy atom. The molecule has 0 spiro atoms. The van der Waals surface area contributed by atoms with Crippen LogP contribution in [0.4, 0.5) is 10.5 Å². The second kappa shape index (κ2) is 10.5. The van der Waals surface area contributed by atoms with Gasteiger partial charge in [0.05, 0.1) is 6.54 Å². The Morgan fingerprint density at radius 1 is 1.08 bits per heavy atom. The average Bonchev–Trinajstić information content (AvgIpc) is 3.10. The van der Waals surface area contributed by atoms with Gasteiger partial charge >= 0.3 is 6.09 Å². The number of fused-ring (bicyclic) bond motifs is 1. The number of hydrogen-bond acceptors (Lipinski definition) is 4.